The van der Waals surface area contributed by atoms with Gasteiger partial charge >= 0.3 is 0 Å². The third-order valence-corrected chi connectivity index (χ3v) is 6.32. The summed E-state index contributed by atoms with van der Waals surface area (Å²) in [6.07, 6.45) is 1.66. The second-order valence-electron chi connectivity index (χ2n) is 6.76. The highest BCUT2D eigenvalue weighted by molar-refractivity contribution is 7.89. The molecule has 0 spiro atoms. The number of ether oxygens (including phenoxy) is 1. The van der Waals surface area contributed by atoms with Gasteiger partial charge < -0.3 is 9.64 Å². The predicted molar refractivity (Wildman–Crippen MR) is 103 cm³/mol. The number of nitrogens with zero attached hydrogens (tertiary/aromatic N) is 1. The number of hydrogen-bond donors (Lipinski definition) is 1. The summed E-state index contributed by atoms with van der Waals surface area (Å²) in [4.78, 5) is 14.5. The molecule has 0 aromatic heterocycles. The van der Waals surface area contributed by atoms with Crippen molar-refractivity contribution in [3.8, 4) is 5.75 Å². The number of methoxy groups -OCH3 is 1. The lowest BCUT2D eigenvalue weighted by atomic mass is 10.1. The largest absolute Gasteiger partial charge is 0.495 e. The van der Waals surface area contributed by atoms with Crippen LogP contribution >= 0.6 is 0 Å². The zero-order chi connectivity index (χ0) is 19.6. The van der Waals surface area contributed by atoms with Gasteiger partial charge in [-0.2, -0.15) is 0 Å². The van der Waals surface area contributed by atoms with Gasteiger partial charge in [0.05, 0.1) is 13.2 Å². The minimum absolute atomic E-state index is 0.0106. The average Bonchev–Trinajstić information content (AvgIpc) is 3.49. The third-order valence-electron chi connectivity index (χ3n) is 4.78. The first-order valence-corrected chi connectivity index (χ1v) is 10.3. The molecule has 2 aromatic carbocycles. The first-order valence-electron chi connectivity index (χ1n) is 8.86. The molecule has 1 aliphatic carbocycles. The summed E-state index contributed by atoms with van der Waals surface area (Å²) in [5.41, 5.74) is 1.31. The molecule has 1 atom stereocenters. The zero-order valence-corrected chi connectivity index (χ0v) is 16.5. The van der Waals surface area contributed by atoms with Gasteiger partial charge in [0, 0.05) is 18.7 Å². The lowest BCUT2D eigenvalue weighted by molar-refractivity contribution is 0.0742. The van der Waals surface area contributed by atoms with E-state index in [2.05, 4.69) is 4.72 Å². The van der Waals surface area contributed by atoms with E-state index in [-0.39, 0.29) is 28.6 Å². The minimum atomic E-state index is -3.74. The molecular weight excluding hydrogens is 364 g/mol. The fourth-order valence-electron chi connectivity index (χ4n) is 2.84. The van der Waals surface area contributed by atoms with Crippen LogP contribution in [0.25, 0.3) is 0 Å². The SMILES string of the molecule is COc1ccc(C(=O)N(C)C(C)c2ccccc2)cc1S(=O)(=O)NC1CC1. The molecular formula is C20H24N2O4S. The predicted octanol–water partition coefficient (Wildman–Crippen LogP) is 2.97. The van der Waals surface area contributed by atoms with E-state index in [1.165, 1.54) is 19.2 Å². The summed E-state index contributed by atoms with van der Waals surface area (Å²) in [5.74, 6) is -0.0321. The van der Waals surface area contributed by atoms with Gasteiger partial charge in [0.15, 0.2) is 0 Å². The topological polar surface area (TPSA) is 75.7 Å². The Balaban J connectivity index is 1.89. The number of rotatable bonds is 7. The molecule has 1 unspecified atom stereocenters. The Kier molecular flexibility index (Phi) is 5.53. The molecule has 1 fully saturated rings. The van der Waals surface area contributed by atoms with Crippen LogP contribution in [-0.2, 0) is 10.0 Å². The minimum Gasteiger partial charge on any atom is -0.495 e. The number of sulfonamides is 1. The molecule has 1 N–H and O–H groups in total. The first-order chi connectivity index (χ1) is 12.8. The van der Waals surface area contributed by atoms with E-state index in [9.17, 15) is 13.2 Å². The Hall–Kier alpha value is -2.38. The van der Waals surface area contributed by atoms with Crippen molar-refractivity contribution >= 4 is 15.9 Å². The number of hydrogen-bond acceptors (Lipinski definition) is 4. The Morgan fingerprint density at radius 1 is 1.19 bits per heavy atom. The summed E-state index contributed by atoms with van der Waals surface area (Å²) in [6, 6.07) is 14.0. The number of amides is 1. The van der Waals surface area contributed by atoms with Crippen LogP contribution in [0.4, 0.5) is 0 Å². The summed E-state index contributed by atoms with van der Waals surface area (Å²) in [5, 5.41) is 0. The van der Waals surface area contributed by atoms with Crippen LogP contribution in [0.2, 0.25) is 0 Å². The molecule has 0 aliphatic heterocycles. The lowest BCUT2D eigenvalue weighted by Gasteiger charge is -2.25. The van der Waals surface area contributed by atoms with Crippen molar-refractivity contribution in [2.45, 2.75) is 36.7 Å². The molecule has 1 amide bonds. The molecule has 6 nitrogen and oxygen atoms in total. The Bertz CT molecular complexity index is 924. The molecule has 0 saturated heterocycles. The zero-order valence-electron chi connectivity index (χ0n) is 15.7. The van der Waals surface area contributed by atoms with Crippen molar-refractivity contribution in [1.82, 2.24) is 9.62 Å². The quantitative estimate of drug-likeness (QED) is 0.791. The fourth-order valence-corrected chi connectivity index (χ4v) is 4.34. The smallest absolute Gasteiger partial charge is 0.254 e. The van der Waals surface area contributed by atoms with E-state index in [1.807, 2.05) is 37.3 Å². The van der Waals surface area contributed by atoms with E-state index in [1.54, 1.807) is 18.0 Å². The van der Waals surface area contributed by atoms with Crippen molar-refractivity contribution in [2.75, 3.05) is 14.2 Å². The highest BCUT2D eigenvalue weighted by Gasteiger charge is 2.31. The normalized spacial score (nSPS) is 15.2. The van der Waals surface area contributed by atoms with Crippen LogP contribution < -0.4 is 9.46 Å². The van der Waals surface area contributed by atoms with Crippen LogP contribution in [0.1, 0.15) is 41.7 Å². The van der Waals surface area contributed by atoms with Gasteiger partial charge in [-0.15, -0.1) is 0 Å². The maximum Gasteiger partial charge on any atom is 0.254 e. The average molecular weight is 388 g/mol. The molecule has 1 aliphatic rings. The van der Waals surface area contributed by atoms with Crippen molar-refractivity contribution in [2.24, 2.45) is 0 Å². The number of benzene rings is 2. The van der Waals surface area contributed by atoms with E-state index in [4.69, 9.17) is 4.74 Å². The van der Waals surface area contributed by atoms with Crippen LogP contribution in [0.15, 0.2) is 53.4 Å². The maximum absolute atomic E-state index is 12.9. The first kappa shape index (κ1) is 19.4. The highest BCUT2D eigenvalue weighted by atomic mass is 32.2. The number of carbonyl (C=O) groups excluding carboxylic acids is 1. The summed E-state index contributed by atoms with van der Waals surface area (Å²) >= 11 is 0. The Morgan fingerprint density at radius 3 is 2.44 bits per heavy atom. The lowest BCUT2D eigenvalue weighted by Crippen LogP contribution is -2.30. The van der Waals surface area contributed by atoms with Gasteiger partial charge in [-0.3, -0.25) is 4.79 Å². The molecule has 0 heterocycles. The molecule has 1 saturated carbocycles. The van der Waals surface area contributed by atoms with E-state index in [0.717, 1.165) is 18.4 Å². The fraction of sp³-hybridized carbons (Fsp3) is 0.350. The monoisotopic (exact) mass is 388 g/mol. The molecule has 7 heteroatoms. The third kappa shape index (κ3) is 4.31. The molecule has 3 rings (SSSR count). The molecule has 2 aromatic rings. The van der Waals surface area contributed by atoms with Crippen LogP contribution in [0.5, 0.6) is 5.75 Å². The van der Waals surface area contributed by atoms with Crippen LogP contribution in [0, 0.1) is 0 Å². The van der Waals surface area contributed by atoms with E-state index in [0.29, 0.717) is 5.56 Å². The van der Waals surface area contributed by atoms with Gasteiger partial charge in [-0.05, 0) is 43.5 Å². The maximum atomic E-state index is 12.9. The van der Waals surface area contributed by atoms with Crippen LogP contribution in [-0.4, -0.2) is 39.4 Å². The second kappa shape index (κ2) is 7.70. The van der Waals surface area contributed by atoms with E-state index >= 15 is 0 Å². The Labute approximate surface area is 160 Å². The van der Waals surface area contributed by atoms with Gasteiger partial charge in [0.25, 0.3) is 5.91 Å². The summed E-state index contributed by atoms with van der Waals surface area (Å²) in [7, 11) is -0.617. The molecule has 0 radical (unpaired) electrons. The number of nitrogens with one attached hydrogen (secondary N) is 1. The van der Waals surface area contributed by atoms with Gasteiger partial charge in [0.1, 0.15) is 10.6 Å². The summed E-state index contributed by atoms with van der Waals surface area (Å²) in [6.45, 7) is 1.93. The molecule has 0 bridgehead atoms. The van der Waals surface area contributed by atoms with Gasteiger partial charge in [-0.25, -0.2) is 13.1 Å². The van der Waals surface area contributed by atoms with Crippen molar-refractivity contribution < 1.29 is 17.9 Å². The second-order valence-corrected chi connectivity index (χ2v) is 8.45. The standard InChI is InChI=1S/C20H24N2O4S/c1-14(15-7-5-4-6-8-15)22(2)20(23)16-9-12-18(26-3)19(13-16)27(24,25)21-17-10-11-17/h4-9,12-14,17,21H,10-11H2,1-3H3. The van der Waals surface area contributed by atoms with Gasteiger partial charge in [-0.1, -0.05) is 30.3 Å². The van der Waals surface area contributed by atoms with Crippen molar-refractivity contribution in [3.05, 3.63) is 59.7 Å². The molecule has 27 heavy (non-hydrogen) atoms. The molecule has 144 valence electrons. The Morgan fingerprint density at radius 2 is 1.85 bits per heavy atom. The highest BCUT2D eigenvalue weighted by Crippen LogP contribution is 2.29. The number of carbonyl (C=O) groups is 1. The summed E-state index contributed by atoms with van der Waals surface area (Å²) < 4.78 is 33.1. The van der Waals surface area contributed by atoms with Crippen LogP contribution in [0.3, 0.4) is 0 Å². The van der Waals surface area contributed by atoms with Crippen molar-refractivity contribution in [1.29, 1.82) is 0 Å². The van der Waals surface area contributed by atoms with Crippen molar-refractivity contribution in [3.63, 3.8) is 0 Å². The van der Waals surface area contributed by atoms with E-state index < -0.39 is 10.0 Å². The van der Waals surface area contributed by atoms with Gasteiger partial charge in [0.2, 0.25) is 10.0 Å².